The third-order valence-electron chi connectivity index (χ3n) is 5.13. The second kappa shape index (κ2) is 13.6. The van der Waals surface area contributed by atoms with Crippen LogP contribution >= 0.6 is 0 Å². The largest absolute Gasteiger partial charge is 0.363 e. The Morgan fingerprint density at radius 2 is 1.63 bits per heavy atom. The summed E-state index contributed by atoms with van der Waals surface area (Å²) in [5, 5.41) is 6.35. The topological polar surface area (TPSA) is 75.4 Å². The molecule has 0 aliphatic rings. The molecule has 0 atom stereocenters. The summed E-state index contributed by atoms with van der Waals surface area (Å²) in [6, 6.07) is 9.40. The van der Waals surface area contributed by atoms with Crippen LogP contribution in [0.2, 0.25) is 0 Å². The molecule has 164 valence electrons. The number of benzene rings is 1. The van der Waals surface area contributed by atoms with E-state index in [-0.39, 0.29) is 18.4 Å². The molecule has 6 heteroatoms. The van der Waals surface area contributed by atoms with Crippen molar-refractivity contribution in [3.8, 4) is 0 Å². The molecule has 6 nitrogen and oxygen atoms in total. The van der Waals surface area contributed by atoms with Gasteiger partial charge in [-0.3, -0.25) is 9.59 Å². The Hall–Kier alpha value is -2.63. The summed E-state index contributed by atoms with van der Waals surface area (Å²) in [4.78, 5) is 27.1. The molecule has 2 amide bonds. The van der Waals surface area contributed by atoms with Crippen molar-refractivity contribution in [2.45, 2.75) is 71.6 Å². The Labute approximate surface area is 180 Å². The fraction of sp³-hybridized carbons (Fsp3) is 0.542. The molecule has 0 aliphatic heterocycles. The van der Waals surface area contributed by atoms with Crippen LogP contribution < -0.4 is 5.32 Å². The predicted molar refractivity (Wildman–Crippen MR) is 119 cm³/mol. The molecule has 1 N–H and O–H groups in total. The van der Waals surface area contributed by atoms with Gasteiger partial charge < -0.3 is 14.7 Å². The second-order valence-electron chi connectivity index (χ2n) is 7.73. The zero-order valence-electron chi connectivity index (χ0n) is 18.4. The van der Waals surface area contributed by atoms with Gasteiger partial charge in [0.2, 0.25) is 5.91 Å². The molecule has 1 aromatic heterocycles. The van der Waals surface area contributed by atoms with Gasteiger partial charge in [0.1, 0.15) is 12.8 Å². The van der Waals surface area contributed by atoms with Gasteiger partial charge in [0.25, 0.3) is 5.91 Å². The van der Waals surface area contributed by atoms with E-state index < -0.39 is 0 Å². The molecule has 0 saturated carbocycles. The minimum absolute atomic E-state index is 0.00339. The SMILES string of the molecule is CCCCCCc1ccc(C(=O)N(CCCCCC)CC(=O)Nc2ccon2)cc1. The first kappa shape index (κ1) is 23.6. The Morgan fingerprint density at radius 3 is 2.27 bits per heavy atom. The van der Waals surface area contributed by atoms with E-state index in [0.29, 0.717) is 17.9 Å². The van der Waals surface area contributed by atoms with Crippen molar-refractivity contribution in [3.63, 3.8) is 0 Å². The predicted octanol–water partition coefficient (Wildman–Crippen LogP) is 5.46. The van der Waals surface area contributed by atoms with Crippen molar-refractivity contribution in [2.24, 2.45) is 0 Å². The van der Waals surface area contributed by atoms with E-state index in [2.05, 4.69) is 24.3 Å². The molecule has 1 aromatic carbocycles. The number of aryl methyl sites for hydroxylation is 1. The fourth-order valence-electron chi connectivity index (χ4n) is 3.37. The van der Waals surface area contributed by atoms with Crippen molar-refractivity contribution in [3.05, 3.63) is 47.7 Å². The number of hydrogen-bond donors (Lipinski definition) is 1. The monoisotopic (exact) mass is 413 g/mol. The molecule has 1 heterocycles. The van der Waals surface area contributed by atoms with Crippen LogP contribution in [0.4, 0.5) is 5.82 Å². The average molecular weight is 414 g/mol. The van der Waals surface area contributed by atoms with E-state index in [1.54, 1.807) is 11.0 Å². The standard InChI is InChI=1S/C24H35N3O3/c1-3-5-7-9-11-20-12-14-21(15-13-20)24(29)27(17-10-8-6-4-2)19-23(28)25-22-16-18-30-26-22/h12-16,18H,3-11,17,19H2,1-2H3,(H,25,26,28). The number of anilines is 1. The average Bonchev–Trinajstić information content (AvgIpc) is 3.26. The van der Waals surface area contributed by atoms with Crippen LogP contribution in [0.5, 0.6) is 0 Å². The minimum atomic E-state index is -0.278. The molecule has 0 radical (unpaired) electrons. The van der Waals surface area contributed by atoms with Crippen molar-refractivity contribution in [2.75, 3.05) is 18.4 Å². The molecule has 0 spiro atoms. The summed E-state index contributed by atoms with van der Waals surface area (Å²) in [6.07, 6.45) is 11.5. The fourth-order valence-corrected chi connectivity index (χ4v) is 3.37. The first-order valence-corrected chi connectivity index (χ1v) is 11.2. The number of carbonyl (C=O) groups is 2. The highest BCUT2D eigenvalue weighted by Crippen LogP contribution is 2.13. The second-order valence-corrected chi connectivity index (χ2v) is 7.73. The number of aromatic nitrogens is 1. The molecule has 0 bridgehead atoms. The minimum Gasteiger partial charge on any atom is -0.363 e. The molecule has 0 unspecified atom stereocenters. The third kappa shape index (κ3) is 8.39. The molecule has 0 aliphatic carbocycles. The van der Waals surface area contributed by atoms with E-state index in [4.69, 9.17) is 4.52 Å². The Kier molecular flexibility index (Phi) is 10.7. The molecule has 0 saturated heterocycles. The van der Waals surface area contributed by atoms with Crippen LogP contribution in [0.1, 0.15) is 81.1 Å². The summed E-state index contributed by atoms with van der Waals surface area (Å²) < 4.78 is 4.74. The molecule has 0 fully saturated rings. The lowest BCUT2D eigenvalue weighted by atomic mass is 10.0. The molecular weight excluding hydrogens is 378 g/mol. The first-order valence-electron chi connectivity index (χ1n) is 11.2. The van der Waals surface area contributed by atoms with Gasteiger partial charge in [-0.15, -0.1) is 0 Å². The lowest BCUT2D eigenvalue weighted by molar-refractivity contribution is -0.117. The van der Waals surface area contributed by atoms with Gasteiger partial charge in [-0.1, -0.05) is 69.7 Å². The van der Waals surface area contributed by atoms with Crippen molar-refractivity contribution >= 4 is 17.6 Å². The van der Waals surface area contributed by atoms with Gasteiger partial charge in [-0.2, -0.15) is 0 Å². The van der Waals surface area contributed by atoms with Crippen LogP contribution in [0.15, 0.2) is 41.1 Å². The molecule has 30 heavy (non-hydrogen) atoms. The zero-order chi connectivity index (χ0) is 21.6. The van der Waals surface area contributed by atoms with Gasteiger partial charge in [-0.05, 0) is 37.0 Å². The molecule has 2 rings (SSSR count). The summed E-state index contributed by atoms with van der Waals surface area (Å²) in [5.41, 5.74) is 1.87. The van der Waals surface area contributed by atoms with Gasteiger partial charge in [0.15, 0.2) is 5.82 Å². The van der Waals surface area contributed by atoms with Crippen LogP contribution in [0, 0.1) is 0 Å². The number of amides is 2. The van der Waals surface area contributed by atoms with Gasteiger partial charge >= 0.3 is 0 Å². The van der Waals surface area contributed by atoms with Crippen LogP contribution in [0.25, 0.3) is 0 Å². The highest BCUT2D eigenvalue weighted by atomic mass is 16.5. The zero-order valence-corrected chi connectivity index (χ0v) is 18.4. The number of hydrogen-bond acceptors (Lipinski definition) is 4. The van der Waals surface area contributed by atoms with Crippen LogP contribution in [0.3, 0.4) is 0 Å². The Bertz CT molecular complexity index is 742. The number of nitrogens with zero attached hydrogens (tertiary/aromatic N) is 2. The third-order valence-corrected chi connectivity index (χ3v) is 5.13. The highest BCUT2D eigenvalue weighted by Gasteiger charge is 2.19. The van der Waals surface area contributed by atoms with Crippen LogP contribution in [-0.2, 0) is 11.2 Å². The summed E-state index contributed by atoms with van der Waals surface area (Å²) in [7, 11) is 0. The summed E-state index contributed by atoms with van der Waals surface area (Å²) in [5.74, 6) is -0.0366. The maximum Gasteiger partial charge on any atom is 0.254 e. The number of rotatable bonds is 14. The van der Waals surface area contributed by atoms with E-state index in [1.807, 2.05) is 24.3 Å². The number of unbranched alkanes of at least 4 members (excludes halogenated alkanes) is 6. The maximum absolute atomic E-state index is 13.1. The lowest BCUT2D eigenvalue weighted by Gasteiger charge is -2.22. The first-order chi connectivity index (χ1) is 14.6. The normalized spacial score (nSPS) is 10.7. The lowest BCUT2D eigenvalue weighted by Crippen LogP contribution is -2.38. The van der Waals surface area contributed by atoms with Crippen LogP contribution in [-0.4, -0.2) is 35.0 Å². The van der Waals surface area contributed by atoms with E-state index in [9.17, 15) is 9.59 Å². The smallest absolute Gasteiger partial charge is 0.254 e. The van der Waals surface area contributed by atoms with Crippen molar-refractivity contribution < 1.29 is 14.1 Å². The molecular formula is C24H35N3O3. The van der Waals surface area contributed by atoms with E-state index >= 15 is 0 Å². The summed E-state index contributed by atoms with van der Waals surface area (Å²) >= 11 is 0. The van der Waals surface area contributed by atoms with Gasteiger partial charge in [0.05, 0.1) is 0 Å². The Morgan fingerprint density at radius 1 is 0.933 bits per heavy atom. The number of nitrogens with one attached hydrogen (secondary N) is 1. The molecule has 2 aromatic rings. The van der Waals surface area contributed by atoms with E-state index in [0.717, 1.165) is 32.1 Å². The van der Waals surface area contributed by atoms with Gasteiger partial charge in [-0.25, -0.2) is 0 Å². The maximum atomic E-state index is 13.1. The van der Waals surface area contributed by atoms with Crippen molar-refractivity contribution in [1.82, 2.24) is 10.1 Å². The summed E-state index contributed by atoms with van der Waals surface area (Å²) in [6.45, 7) is 4.92. The van der Waals surface area contributed by atoms with Gasteiger partial charge in [0, 0.05) is 18.2 Å². The number of carbonyl (C=O) groups excluding carboxylic acids is 2. The quantitative estimate of drug-likeness (QED) is 0.417. The van der Waals surface area contributed by atoms with E-state index in [1.165, 1.54) is 37.5 Å². The van der Waals surface area contributed by atoms with Crippen molar-refractivity contribution in [1.29, 1.82) is 0 Å². The Balaban J connectivity index is 1.96. The highest BCUT2D eigenvalue weighted by molar-refractivity contribution is 5.99.